The van der Waals surface area contributed by atoms with Gasteiger partial charge in [0.05, 0.1) is 37.6 Å². The van der Waals surface area contributed by atoms with Crippen LogP contribution in [0.5, 0.6) is 0 Å². The molecular weight excluding hydrogens is 343 g/mol. The minimum atomic E-state index is -0.671. The highest BCUT2D eigenvalue weighted by atomic mass is 19.1. The number of carbonyl (C=O) groups excluding carboxylic acids is 3. The maximum absolute atomic E-state index is 13.1. The van der Waals surface area contributed by atoms with Crippen molar-refractivity contribution in [3.8, 4) is 0 Å². The van der Waals surface area contributed by atoms with Crippen LogP contribution in [0.3, 0.4) is 0 Å². The van der Waals surface area contributed by atoms with E-state index < -0.39 is 23.7 Å². The number of ether oxygens (including phenoxy) is 2. The molecule has 0 saturated carbocycles. The first-order chi connectivity index (χ1) is 12.4. The SMILES string of the molecule is COC(=O)c1ccc(C(=O)OC)c(NC(=O)CNc2cccc(F)c2)c1. The molecule has 8 heteroatoms. The molecule has 2 N–H and O–H groups in total. The molecule has 7 nitrogen and oxygen atoms in total. The van der Waals surface area contributed by atoms with Crippen LogP contribution in [0.15, 0.2) is 42.5 Å². The average Bonchev–Trinajstić information content (AvgIpc) is 2.65. The second-order valence-electron chi connectivity index (χ2n) is 5.16. The predicted octanol–water partition coefficient (Wildman–Crippen LogP) is 2.45. The Morgan fingerprint density at radius 3 is 2.38 bits per heavy atom. The molecule has 2 aromatic carbocycles. The number of benzene rings is 2. The van der Waals surface area contributed by atoms with Crippen molar-refractivity contribution in [1.29, 1.82) is 0 Å². The van der Waals surface area contributed by atoms with Gasteiger partial charge in [-0.1, -0.05) is 6.07 Å². The number of hydrogen-bond acceptors (Lipinski definition) is 6. The third-order valence-corrected chi connectivity index (χ3v) is 3.40. The standard InChI is InChI=1S/C18H17FN2O5/c1-25-17(23)11-6-7-14(18(24)26-2)15(8-11)21-16(22)10-20-13-5-3-4-12(19)9-13/h3-9,20H,10H2,1-2H3,(H,21,22). The van der Waals surface area contributed by atoms with Crippen LogP contribution < -0.4 is 10.6 Å². The first-order valence-corrected chi connectivity index (χ1v) is 7.54. The minimum Gasteiger partial charge on any atom is -0.465 e. The van der Waals surface area contributed by atoms with Crippen LogP contribution in [0.4, 0.5) is 15.8 Å². The third-order valence-electron chi connectivity index (χ3n) is 3.40. The van der Waals surface area contributed by atoms with Crippen molar-refractivity contribution in [2.24, 2.45) is 0 Å². The average molecular weight is 360 g/mol. The molecule has 0 fully saturated rings. The maximum Gasteiger partial charge on any atom is 0.339 e. The van der Waals surface area contributed by atoms with E-state index in [-0.39, 0.29) is 23.4 Å². The van der Waals surface area contributed by atoms with Crippen molar-refractivity contribution in [3.05, 3.63) is 59.4 Å². The van der Waals surface area contributed by atoms with Crippen molar-refractivity contribution in [1.82, 2.24) is 0 Å². The molecule has 136 valence electrons. The number of nitrogens with one attached hydrogen (secondary N) is 2. The zero-order valence-corrected chi connectivity index (χ0v) is 14.2. The van der Waals surface area contributed by atoms with Gasteiger partial charge in [-0.25, -0.2) is 14.0 Å². The molecule has 0 aliphatic heterocycles. The zero-order chi connectivity index (χ0) is 19.1. The molecule has 0 aliphatic rings. The van der Waals surface area contributed by atoms with E-state index in [2.05, 4.69) is 20.1 Å². The highest BCUT2D eigenvalue weighted by molar-refractivity contribution is 6.04. The largest absolute Gasteiger partial charge is 0.465 e. The van der Waals surface area contributed by atoms with E-state index in [4.69, 9.17) is 0 Å². The predicted molar refractivity (Wildman–Crippen MR) is 92.6 cm³/mol. The number of carbonyl (C=O) groups is 3. The van der Waals surface area contributed by atoms with Gasteiger partial charge >= 0.3 is 11.9 Å². The Bertz CT molecular complexity index is 838. The Morgan fingerprint density at radius 1 is 1.00 bits per heavy atom. The number of rotatable bonds is 6. The van der Waals surface area contributed by atoms with Crippen LogP contribution in [0.25, 0.3) is 0 Å². The summed E-state index contributed by atoms with van der Waals surface area (Å²) in [5, 5.41) is 5.28. The van der Waals surface area contributed by atoms with Crippen molar-refractivity contribution in [3.63, 3.8) is 0 Å². The lowest BCUT2D eigenvalue weighted by Crippen LogP contribution is -2.23. The maximum atomic E-state index is 13.1. The van der Waals surface area contributed by atoms with Crippen LogP contribution in [0.2, 0.25) is 0 Å². The van der Waals surface area contributed by atoms with E-state index >= 15 is 0 Å². The van der Waals surface area contributed by atoms with E-state index in [9.17, 15) is 18.8 Å². The molecule has 0 heterocycles. The molecule has 1 amide bonds. The smallest absolute Gasteiger partial charge is 0.339 e. The Kier molecular flexibility index (Phi) is 6.26. The van der Waals surface area contributed by atoms with Gasteiger partial charge in [-0.15, -0.1) is 0 Å². The van der Waals surface area contributed by atoms with Crippen LogP contribution in [0, 0.1) is 5.82 Å². The van der Waals surface area contributed by atoms with Crippen molar-refractivity contribution in [2.75, 3.05) is 31.4 Å². The second kappa shape index (κ2) is 8.61. The normalized spacial score (nSPS) is 9.96. The Morgan fingerprint density at radius 2 is 1.73 bits per heavy atom. The van der Waals surface area contributed by atoms with Crippen LogP contribution in [-0.4, -0.2) is 38.6 Å². The summed E-state index contributed by atoms with van der Waals surface area (Å²) in [4.78, 5) is 35.6. The lowest BCUT2D eigenvalue weighted by molar-refractivity contribution is -0.114. The van der Waals surface area contributed by atoms with Gasteiger partial charge in [0.2, 0.25) is 5.91 Å². The molecule has 2 aromatic rings. The van der Waals surface area contributed by atoms with Crippen molar-refractivity contribution < 1.29 is 28.2 Å². The first-order valence-electron chi connectivity index (χ1n) is 7.54. The summed E-state index contributed by atoms with van der Waals surface area (Å²) in [6, 6.07) is 9.70. The van der Waals surface area contributed by atoms with Crippen molar-refractivity contribution >= 4 is 29.2 Å². The third kappa shape index (κ3) is 4.79. The number of halogens is 1. The Hall–Kier alpha value is -3.42. The van der Waals surface area contributed by atoms with E-state index in [1.54, 1.807) is 6.07 Å². The molecule has 0 aliphatic carbocycles. The molecule has 0 bridgehead atoms. The minimum absolute atomic E-state index is 0.0826. The first kappa shape index (κ1) is 18.9. The summed E-state index contributed by atoms with van der Waals surface area (Å²) in [7, 11) is 2.42. The van der Waals surface area contributed by atoms with Gasteiger partial charge in [0.25, 0.3) is 0 Å². The summed E-state index contributed by atoms with van der Waals surface area (Å²) in [5.74, 6) is -2.22. The van der Waals surface area contributed by atoms with Crippen LogP contribution >= 0.6 is 0 Å². The van der Waals surface area contributed by atoms with Gasteiger partial charge < -0.3 is 20.1 Å². The highest BCUT2D eigenvalue weighted by Gasteiger charge is 2.17. The highest BCUT2D eigenvalue weighted by Crippen LogP contribution is 2.20. The van der Waals surface area contributed by atoms with E-state index in [1.807, 2.05) is 0 Å². The Labute approximate surface area is 149 Å². The number of esters is 2. The van der Waals surface area contributed by atoms with Crippen LogP contribution in [0.1, 0.15) is 20.7 Å². The molecule has 0 unspecified atom stereocenters. The lowest BCUT2D eigenvalue weighted by atomic mass is 10.1. The van der Waals surface area contributed by atoms with E-state index in [0.29, 0.717) is 5.69 Å². The van der Waals surface area contributed by atoms with Crippen LogP contribution in [-0.2, 0) is 14.3 Å². The molecule has 0 atom stereocenters. The summed E-state index contributed by atoms with van der Waals surface area (Å²) < 4.78 is 22.4. The van der Waals surface area contributed by atoms with Gasteiger partial charge in [-0.05, 0) is 36.4 Å². The molecular formula is C18H17FN2O5. The second-order valence-corrected chi connectivity index (χ2v) is 5.16. The van der Waals surface area contributed by atoms with Gasteiger partial charge in [0.1, 0.15) is 5.82 Å². The fraction of sp³-hybridized carbons (Fsp3) is 0.167. The lowest BCUT2D eigenvalue weighted by Gasteiger charge is -2.12. The molecule has 26 heavy (non-hydrogen) atoms. The number of hydrogen-bond donors (Lipinski definition) is 2. The number of amides is 1. The number of anilines is 2. The van der Waals surface area contributed by atoms with E-state index in [1.165, 1.54) is 50.6 Å². The van der Waals surface area contributed by atoms with Gasteiger partial charge in [0.15, 0.2) is 0 Å². The fourth-order valence-corrected chi connectivity index (χ4v) is 2.16. The number of methoxy groups -OCH3 is 2. The molecule has 0 aromatic heterocycles. The van der Waals surface area contributed by atoms with Crippen molar-refractivity contribution in [2.45, 2.75) is 0 Å². The fourth-order valence-electron chi connectivity index (χ4n) is 2.16. The summed E-state index contributed by atoms with van der Waals surface area (Å²) in [6.07, 6.45) is 0. The Balaban J connectivity index is 2.15. The van der Waals surface area contributed by atoms with E-state index in [0.717, 1.165) is 0 Å². The monoisotopic (exact) mass is 360 g/mol. The zero-order valence-electron chi connectivity index (χ0n) is 14.2. The van der Waals surface area contributed by atoms with Gasteiger partial charge in [-0.2, -0.15) is 0 Å². The molecule has 0 spiro atoms. The molecule has 2 rings (SSSR count). The quantitative estimate of drug-likeness (QED) is 0.769. The van der Waals surface area contributed by atoms with Gasteiger partial charge in [0, 0.05) is 5.69 Å². The topological polar surface area (TPSA) is 93.7 Å². The molecule has 0 radical (unpaired) electrons. The van der Waals surface area contributed by atoms with Gasteiger partial charge in [-0.3, -0.25) is 4.79 Å². The summed E-state index contributed by atoms with van der Waals surface area (Å²) in [5.41, 5.74) is 0.773. The summed E-state index contributed by atoms with van der Waals surface area (Å²) >= 11 is 0. The summed E-state index contributed by atoms with van der Waals surface area (Å²) in [6.45, 7) is -0.174. The molecule has 0 saturated heterocycles.